The highest BCUT2D eigenvalue weighted by atomic mass is 32.1. The summed E-state index contributed by atoms with van der Waals surface area (Å²) in [6, 6.07) is 0. The minimum atomic E-state index is -1.50. The van der Waals surface area contributed by atoms with Gasteiger partial charge in [-0.2, -0.15) is 4.39 Å². The van der Waals surface area contributed by atoms with Crippen molar-refractivity contribution in [3.8, 4) is 5.13 Å². The molecule has 3 aromatic rings. The maximum Gasteiger partial charge on any atom is 0.341 e. The summed E-state index contributed by atoms with van der Waals surface area (Å²) in [5, 5.41) is 8.71. The van der Waals surface area contributed by atoms with Crippen LogP contribution in [0.1, 0.15) is 48.0 Å². The molecule has 3 aromatic heterocycles. The molecule has 0 saturated carbocycles. The fraction of sp³-hybridized carbons (Fsp3) is 0.458. The van der Waals surface area contributed by atoms with E-state index in [1.54, 1.807) is 4.90 Å². The minimum absolute atomic E-state index is 0.0301. The number of anilines is 1. The van der Waals surface area contributed by atoms with E-state index in [1.807, 2.05) is 0 Å². The molecule has 1 N–H and O–H groups in total. The topological polar surface area (TPSA) is 115 Å². The summed E-state index contributed by atoms with van der Waals surface area (Å²) in [7, 11) is 0. The Hall–Kier alpha value is -3.25. The van der Waals surface area contributed by atoms with Crippen molar-refractivity contribution in [3.05, 3.63) is 44.7 Å². The predicted molar refractivity (Wildman–Crippen MR) is 128 cm³/mol. The van der Waals surface area contributed by atoms with Crippen molar-refractivity contribution in [1.29, 1.82) is 0 Å². The van der Waals surface area contributed by atoms with Gasteiger partial charge in [0.1, 0.15) is 11.3 Å². The van der Waals surface area contributed by atoms with Gasteiger partial charge in [0.25, 0.3) is 0 Å². The number of nitrogens with zero attached hydrogens (tertiary/aromatic N) is 4. The maximum absolute atomic E-state index is 15.4. The van der Waals surface area contributed by atoms with Gasteiger partial charge in [0.15, 0.2) is 27.5 Å². The van der Waals surface area contributed by atoms with E-state index in [0.29, 0.717) is 24.2 Å². The van der Waals surface area contributed by atoms with Crippen LogP contribution < -0.4 is 10.3 Å². The van der Waals surface area contributed by atoms with Crippen LogP contribution >= 0.6 is 11.3 Å². The summed E-state index contributed by atoms with van der Waals surface area (Å²) < 4.78 is 36.0. The molecule has 36 heavy (non-hydrogen) atoms. The van der Waals surface area contributed by atoms with Crippen LogP contribution in [0.25, 0.3) is 16.2 Å². The molecule has 0 bridgehead atoms. The first-order valence-electron chi connectivity index (χ1n) is 11.7. The fourth-order valence-corrected chi connectivity index (χ4v) is 5.37. The molecule has 190 valence electrons. The van der Waals surface area contributed by atoms with Crippen molar-refractivity contribution in [3.63, 3.8) is 0 Å². The SMILES string of the molecule is Cc1c(F)c(N2CC(C(=O)CCC3CCCCO3)C2)nc2c1c(=O)c(C(=O)O)cn2-c1ncc(F)s1. The molecule has 0 radical (unpaired) electrons. The van der Waals surface area contributed by atoms with E-state index in [2.05, 4.69) is 9.97 Å². The van der Waals surface area contributed by atoms with Gasteiger partial charge >= 0.3 is 5.97 Å². The standard InChI is InChI=1S/C24H24F2N4O5S/c1-12-18-20(32)15(23(33)34)11-30(24-27-8-17(25)36-24)21(18)28-22(19(12)26)29-9-13(10-29)16(31)6-5-14-4-2-3-7-35-14/h8,11,13-14H,2-7,9-10H2,1H3,(H,33,34). The molecule has 12 heteroatoms. The molecular weight excluding hydrogens is 494 g/mol. The molecule has 0 aromatic carbocycles. The lowest BCUT2D eigenvalue weighted by Gasteiger charge is -2.39. The second-order valence-corrected chi connectivity index (χ2v) is 10.1. The zero-order valence-electron chi connectivity index (χ0n) is 19.5. The summed E-state index contributed by atoms with van der Waals surface area (Å²) in [5.41, 5.74) is -1.59. The van der Waals surface area contributed by atoms with Crippen LogP contribution in [0, 0.1) is 23.8 Å². The summed E-state index contributed by atoms with van der Waals surface area (Å²) >= 11 is 0.635. The van der Waals surface area contributed by atoms with E-state index < -0.39 is 27.9 Å². The summed E-state index contributed by atoms with van der Waals surface area (Å²) in [6.45, 7) is 2.66. The Morgan fingerprint density at radius 1 is 1.28 bits per heavy atom. The average Bonchev–Trinajstić information content (AvgIpc) is 3.26. The van der Waals surface area contributed by atoms with Crippen molar-refractivity contribution >= 4 is 39.9 Å². The van der Waals surface area contributed by atoms with Gasteiger partial charge in [-0.25, -0.2) is 19.2 Å². The van der Waals surface area contributed by atoms with E-state index in [4.69, 9.17) is 4.74 Å². The van der Waals surface area contributed by atoms with Gasteiger partial charge < -0.3 is 14.7 Å². The smallest absolute Gasteiger partial charge is 0.341 e. The van der Waals surface area contributed by atoms with Crippen LogP contribution in [0.2, 0.25) is 0 Å². The van der Waals surface area contributed by atoms with Gasteiger partial charge in [-0.3, -0.25) is 14.2 Å². The van der Waals surface area contributed by atoms with Crippen molar-refractivity contribution in [1.82, 2.24) is 14.5 Å². The number of ketones is 1. The number of thiazole rings is 1. The van der Waals surface area contributed by atoms with Crippen molar-refractivity contribution in [2.75, 3.05) is 24.6 Å². The highest BCUT2D eigenvalue weighted by Crippen LogP contribution is 2.32. The molecule has 1 atom stereocenters. The molecule has 9 nitrogen and oxygen atoms in total. The molecule has 0 amide bonds. The lowest BCUT2D eigenvalue weighted by atomic mass is 9.90. The number of aryl methyl sites for hydroxylation is 1. The minimum Gasteiger partial charge on any atom is -0.477 e. The van der Waals surface area contributed by atoms with E-state index >= 15 is 4.39 Å². The molecule has 2 fully saturated rings. The number of hydrogen-bond acceptors (Lipinski definition) is 8. The fourth-order valence-electron chi connectivity index (χ4n) is 4.74. The number of aromatic carboxylic acids is 1. The molecule has 2 aliphatic rings. The van der Waals surface area contributed by atoms with E-state index in [9.17, 15) is 23.9 Å². The Morgan fingerprint density at radius 3 is 2.69 bits per heavy atom. The highest BCUT2D eigenvalue weighted by molar-refractivity contribution is 7.12. The van der Waals surface area contributed by atoms with E-state index in [0.717, 1.165) is 38.3 Å². The Morgan fingerprint density at radius 2 is 2.06 bits per heavy atom. The maximum atomic E-state index is 15.4. The van der Waals surface area contributed by atoms with Crippen molar-refractivity contribution in [2.24, 2.45) is 5.92 Å². The van der Waals surface area contributed by atoms with Crippen LogP contribution in [0.4, 0.5) is 14.6 Å². The molecule has 1 unspecified atom stereocenters. The first kappa shape index (κ1) is 24.4. The summed E-state index contributed by atoms with van der Waals surface area (Å²) in [5.74, 6) is -2.47. The predicted octanol–water partition coefficient (Wildman–Crippen LogP) is 3.48. The van der Waals surface area contributed by atoms with E-state index in [1.165, 1.54) is 11.5 Å². The van der Waals surface area contributed by atoms with Gasteiger partial charge in [0, 0.05) is 37.9 Å². The number of hydrogen-bond donors (Lipinski definition) is 1. The lowest BCUT2D eigenvalue weighted by molar-refractivity contribution is -0.124. The number of pyridine rings is 2. The average molecular weight is 519 g/mol. The first-order chi connectivity index (χ1) is 17.2. The number of halogens is 2. The number of carboxylic acid groups (broad SMARTS) is 1. The van der Waals surface area contributed by atoms with Crippen LogP contribution in [-0.2, 0) is 9.53 Å². The number of carbonyl (C=O) groups excluding carboxylic acids is 1. The van der Waals surface area contributed by atoms with Crippen molar-refractivity contribution in [2.45, 2.75) is 45.1 Å². The van der Waals surface area contributed by atoms with Gasteiger partial charge in [0.05, 0.1) is 23.6 Å². The number of fused-ring (bicyclic) bond motifs is 1. The Kier molecular flexibility index (Phi) is 6.56. The highest BCUT2D eigenvalue weighted by Gasteiger charge is 2.36. The van der Waals surface area contributed by atoms with Gasteiger partial charge in [-0.15, -0.1) is 0 Å². The Bertz CT molecular complexity index is 1410. The number of carbonyl (C=O) groups is 2. The molecular formula is C24H24F2N4O5S. The van der Waals surface area contributed by atoms with E-state index in [-0.39, 0.29) is 58.4 Å². The summed E-state index contributed by atoms with van der Waals surface area (Å²) in [4.78, 5) is 47.1. The number of rotatable bonds is 7. The molecule has 2 aliphatic heterocycles. The quantitative estimate of drug-likeness (QED) is 0.506. The summed E-state index contributed by atoms with van der Waals surface area (Å²) in [6.07, 6.45) is 6.31. The van der Waals surface area contributed by atoms with Gasteiger partial charge in [-0.05, 0) is 32.6 Å². The largest absolute Gasteiger partial charge is 0.477 e. The number of carboxylic acids is 1. The van der Waals surface area contributed by atoms with Gasteiger partial charge in [0.2, 0.25) is 5.43 Å². The zero-order valence-corrected chi connectivity index (χ0v) is 20.3. The Labute approximate surface area is 208 Å². The van der Waals surface area contributed by atoms with Crippen molar-refractivity contribution < 1.29 is 28.2 Å². The third-order valence-electron chi connectivity index (χ3n) is 6.82. The molecule has 0 spiro atoms. The zero-order chi connectivity index (χ0) is 25.6. The second-order valence-electron chi connectivity index (χ2n) is 9.16. The second kappa shape index (κ2) is 9.66. The number of ether oxygens (including phenoxy) is 1. The third kappa shape index (κ3) is 4.39. The first-order valence-corrected chi connectivity index (χ1v) is 12.6. The van der Waals surface area contributed by atoms with Crippen LogP contribution in [0.15, 0.2) is 17.2 Å². The van der Waals surface area contributed by atoms with Crippen LogP contribution in [0.5, 0.6) is 0 Å². The molecule has 0 aliphatic carbocycles. The number of Topliss-reactive ketones (excluding diaryl/α,β-unsaturated/α-hetero) is 1. The van der Waals surface area contributed by atoms with Crippen LogP contribution in [-0.4, -0.2) is 57.2 Å². The molecule has 5 rings (SSSR count). The molecule has 2 saturated heterocycles. The molecule has 5 heterocycles. The lowest BCUT2D eigenvalue weighted by Crippen LogP contribution is -2.51. The number of aromatic nitrogens is 3. The normalized spacial score (nSPS) is 18.4. The monoisotopic (exact) mass is 518 g/mol. The third-order valence-corrected chi connectivity index (χ3v) is 7.60. The van der Waals surface area contributed by atoms with Gasteiger partial charge in [-0.1, -0.05) is 11.3 Å². The Balaban J connectivity index is 1.44. The van der Waals surface area contributed by atoms with Crippen LogP contribution in [0.3, 0.4) is 0 Å².